The molecule has 0 bridgehead atoms. The van der Waals surface area contributed by atoms with Gasteiger partial charge in [-0.05, 0) is 37.5 Å². The van der Waals surface area contributed by atoms with Crippen LogP contribution in [0, 0.1) is 12.8 Å². The van der Waals surface area contributed by atoms with Crippen LogP contribution in [-0.2, 0) is 4.79 Å². The van der Waals surface area contributed by atoms with E-state index >= 15 is 0 Å². The Balaban J connectivity index is 1.70. The molecule has 1 saturated carbocycles. The van der Waals surface area contributed by atoms with Crippen molar-refractivity contribution in [3.63, 3.8) is 0 Å². The second kappa shape index (κ2) is 6.71. The molecule has 1 aromatic rings. The van der Waals surface area contributed by atoms with E-state index in [1.165, 1.54) is 0 Å². The minimum atomic E-state index is -0.0213. The van der Waals surface area contributed by atoms with Crippen LogP contribution >= 0.6 is 0 Å². The van der Waals surface area contributed by atoms with Gasteiger partial charge in [0, 0.05) is 37.7 Å². The topological polar surface area (TPSA) is 59.1 Å². The zero-order valence-corrected chi connectivity index (χ0v) is 14.5. The van der Waals surface area contributed by atoms with Gasteiger partial charge in [0.2, 0.25) is 5.91 Å². The largest absolute Gasteiger partial charge is 0.493 e. The lowest BCUT2D eigenvalue weighted by Gasteiger charge is -2.35. The summed E-state index contributed by atoms with van der Waals surface area (Å²) in [6.45, 7) is 4.28. The predicted octanol–water partition coefficient (Wildman–Crippen LogP) is 1.71. The highest BCUT2D eigenvalue weighted by molar-refractivity contribution is 5.96. The summed E-state index contributed by atoms with van der Waals surface area (Å²) in [5, 5.41) is 0. The van der Waals surface area contributed by atoms with Gasteiger partial charge in [-0.3, -0.25) is 9.59 Å². The third kappa shape index (κ3) is 3.18. The van der Waals surface area contributed by atoms with Gasteiger partial charge in [0.1, 0.15) is 0 Å². The Labute approximate surface area is 142 Å². The van der Waals surface area contributed by atoms with Gasteiger partial charge in [-0.15, -0.1) is 0 Å². The zero-order valence-electron chi connectivity index (χ0n) is 14.5. The van der Waals surface area contributed by atoms with Gasteiger partial charge in [-0.1, -0.05) is 0 Å². The molecule has 6 heteroatoms. The Morgan fingerprint density at radius 1 is 0.958 bits per heavy atom. The van der Waals surface area contributed by atoms with E-state index < -0.39 is 0 Å². The second-order valence-electron chi connectivity index (χ2n) is 6.41. The number of rotatable bonds is 4. The van der Waals surface area contributed by atoms with Crippen LogP contribution in [0.5, 0.6) is 11.5 Å². The van der Waals surface area contributed by atoms with Crippen molar-refractivity contribution in [3.8, 4) is 11.5 Å². The van der Waals surface area contributed by atoms with E-state index in [2.05, 4.69) is 0 Å². The Hall–Kier alpha value is -2.24. The maximum Gasteiger partial charge on any atom is 0.254 e. The highest BCUT2D eigenvalue weighted by Gasteiger charge is 2.35. The smallest absolute Gasteiger partial charge is 0.254 e. The molecule has 0 atom stereocenters. The number of carbonyl (C=O) groups is 2. The first kappa shape index (κ1) is 16.6. The molecule has 6 nitrogen and oxygen atoms in total. The Bertz CT molecular complexity index is 647. The number of aryl methyl sites for hydroxylation is 1. The minimum Gasteiger partial charge on any atom is -0.493 e. The van der Waals surface area contributed by atoms with E-state index in [0.717, 1.165) is 18.4 Å². The number of hydrogen-bond acceptors (Lipinski definition) is 4. The third-order valence-corrected chi connectivity index (χ3v) is 4.77. The van der Waals surface area contributed by atoms with E-state index in [4.69, 9.17) is 9.47 Å². The average Bonchev–Trinajstić information content (AvgIpc) is 3.45. The number of nitrogens with zero attached hydrogens (tertiary/aromatic N) is 2. The third-order valence-electron chi connectivity index (χ3n) is 4.77. The van der Waals surface area contributed by atoms with Crippen molar-refractivity contribution in [2.45, 2.75) is 19.8 Å². The van der Waals surface area contributed by atoms with E-state index in [0.29, 0.717) is 43.2 Å². The second-order valence-corrected chi connectivity index (χ2v) is 6.41. The molecule has 2 fully saturated rings. The lowest BCUT2D eigenvalue weighted by atomic mass is 10.1. The van der Waals surface area contributed by atoms with Crippen LogP contribution in [0.25, 0.3) is 0 Å². The standard InChI is InChI=1S/C18H24N2O4/c1-12-10-15(23-2)16(24-3)11-14(12)18(22)20-8-6-19(7-9-20)17(21)13-4-5-13/h10-11,13H,4-9H2,1-3H3. The molecule has 1 saturated heterocycles. The molecular formula is C18H24N2O4. The Morgan fingerprint density at radius 2 is 1.50 bits per heavy atom. The number of benzene rings is 1. The first-order chi connectivity index (χ1) is 11.5. The molecule has 0 spiro atoms. The number of carbonyl (C=O) groups excluding carboxylic acids is 2. The van der Waals surface area contributed by atoms with Gasteiger partial charge in [0.15, 0.2) is 11.5 Å². The SMILES string of the molecule is COc1cc(C)c(C(=O)N2CCN(C(=O)C3CC3)CC2)cc1OC. The zero-order chi connectivity index (χ0) is 17.3. The van der Waals surface area contributed by atoms with Gasteiger partial charge in [0.05, 0.1) is 14.2 Å². The molecule has 0 unspecified atom stereocenters. The molecule has 130 valence electrons. The van der Waals surface area contributed by atoms with Gasteiger partial charge in [-0.2, -0.15) is 0 Å². The van der Waals surface area contributed by atoms with Crippen LogP contribution < -0.4 is 9.47 Å². The molecule has 0 N–H and O–H groups in total. The number of piperazine rings is 1. The Morgan fingerprint density at radius 3 is 2.04 bits per heavy atom. The lowest BCUT2D eigenvalue weighted by Crippen LogP contribution is -2.51. The first-order valence-corrected chi connectivity index (χ1v) is 8.35. The fourth-order valence-electron chi connectivity index (χ4n) is 3.10. The highest BCUT2D eigenvalue weighted by atomic mass is 16.5. The average molecular weight is 332 g/mol. The summed E-state index contributed by atoms with van der Waals surface area (Å²) >= 11 is 0. The van der Waals surface area contributed by atoms with Crippen molar-refractivity contribution in [1.82, 2.24) is 9.80 Å². The molecule has 24 heavy (non-hydrogen) atoms. The van der Waals surface area contributed by atoms with E-state index in [1.54, 1.807) is 20.3 Å². The van der Waals surface area contributed by atoms with Crippen molar-refractivity contribution in [1.29, 1.82) is 0 Å². The van der Waals surface area contributed by atoms with Crippen LogP contribution in [-0.4, -0.2) is 62.0 Å². The highest BCUT2D eigenvalue weighted by Crippen LogP contribution is 2.32. The fourth-order valence-corrected chi connectivity index (χ4v) is 3.10. The molecule has 1 aliphatic carbocycles. The van der Waals surface area contributed by atoms with Gasteiger partial charge in [0.25, 0.3) is 5.91 Å². The molecule has 1 aliphatic heterocycles. The fraction of sp³-hybridized carbons (Fsp3) is 0.556. The molecule has 3 rings (SSSR count). The summed E-state index contributed by atoms with van der Waals surface area (Å²) in [5.74, 6) is 1.64. The van der Waals surface area contributed by atoms with Crippen LogP contribution in [0.2, 0.25) is 0 Å². The van der Waals surface area contributed by atoms with E-state index in [9.17, 15) is 9.59 Å². The summed E-state index contributed by atoms with van der Waals surface area (Å²) in [7, 11) is 3.14. The normalized spacial score (nSPS) is 17.6. The van der Waals surface area contributed by atoms with Crippen LogP contribution in [0.4, 0.5) is 0 Å². The Kier molecular flexibility index (Phi) is 4.64. The summed E-state index contributed by atoms with van der Waals surface area (Å²) in [6, 6.07) is 3.55. The summed E-state index contributed by atoms with van der Waals surface area (Å²) < 4.78 is 10.6. The quantitative estimate of drug-likeness (QED) is 0.842. The van der Waals surface area contributed by atoms with E-state index in [-0.39, 0.29) is 17.7 Å². The van der Waals surface area contributed by atoms with Crippen LogP contribution in [0.3, 0.4) is 0 Å². The van der Waals surface area contributed by atoms with Crippen LogP contribution in [0.15, 0.2) is 12.1 Å². The van der Waals surface area contributed by atoms with Gasteiger partial charge < -0.3 is 19.3 Å². The maximum atomic E-state index is 12.8. The summed E-state index contributed by atoms with van der Waals surface area (Å²) in [6.07, 6.45) is 2.03. The lowest BCUT2D eigenvalue weighted by molar-refractivity contribution is -0.134. The first-order valence-electron chi connectivity index (χ1n) is 8.35. The molecule has 2 amide bonds. The molecule has 0 radical (unpaired) electrons. The van der Waals surface area contributed by atoms with Crippen LogP contribution in [0.1, 0.15) is 28.8 Å². The molecule has 0 aromatic heterocycles. The van der Waals surface area contributed by atoms with Crippen molar-refractivity contribution in [3.05, 3.63) is 23.3 Å². The van der Waals surface area contributed by atoms with E-state index in [1.807, 2.05) is 22.8 Å². The number of amides is 2. The summed E-state index contributed by atoms with van der Waals surface area (Å²) in [5.41, 5.74) is 1.48. The van der Waals surface area contributed by atoms with Gasteiger partial charge in [-0.25, -0.2) is 0 Å². The molecule has 2 aliphatic rings. The van der Waals surface area contributed by atoms with Crippen molar-refractivity contribution in [2.75, 3.05) is 40.4 Å². The number of ether oxygens (including phenoxy) is 2. The molecule has 1 heterocycles. The predicted molar refractivity (Wildman–Crippen MR) is 89.5 cm³/mol. The number of hydrogen-bond donors (Lipinski definition) is 0. The number of methoxy groups -OCH3 is 2. The van der Waals surface area contributed by atoms with Gasteiger partial charge >= 0.3 is 0 Å². The van der Waals surface area contributed by atoms with Crippen molar-refractivity contribution >= 4 is 11.8 Å². The molecule has 1 aromatic carbocycles. The van der Waals surface area contributed by atoms with Crippen molar-refractivity contribution < 1.29 is 19.1 Å². The maximum absolute atomic E-state index is 12.8. The summed E-state index contributed by atoms with van der Waals surface area (Å²) in [4.78, 5) is 28.6. The molecular weight excluding hydrogens is 308 g/mol. The van der Waals surface area contributed by atoms with Crippen molar-refractivity contribution in [2.24, 2.45) is 5.92 Å². The minimum absolute atomic E-state index is 0.0213. The monoisotopic (exact) mass is 332 g/mol.